The average molecular weight is 242 g/mol. The molecule has 0 atom stereocenters. The summed E-state index contributed by atoms with van der Waals surface area (Å²) < 4.78 is 23.9. The first kappa shape index (κ1) is 11.3. The zero-order chi connectivity index (χ0) is 12.1. The molecule has 16 heavy (non-hydrogen) atoms. The quantitative estimate of drug-likeness (QED) is 0.715. The van der Waals surface area contributed by atoms with Crippen LogP contribution in [0, 0.1) is 13.8 Å². The van der Waals surface area contributed by atoms with Gasteiger partial charge in [0.15, 0.2) is 15.6 Å². The normalized spacial score (nSPS) is 19.4. The summed E-state index contributed by atoms with van der Waals surface area (Å²) in [5, 5.41) is 4.25. The Kier molecular flexibility index (Phi) is 2.41. The van der Waals surface area contributed by atoms with E-state index >= 15 is 0 Å². The van der Waals surface area contributed by atoms with E-state index < -0.39 is 9.84 Å². The first-order valence-corrected chi connectivity index (χ1v) is 6.91. The molecule has 1 aromatic heterocycles. The van der Waals surface area contributed by atoms with Gasteiger partial charge in [-0.15, -0.1) is 0 Å². The van der Waals surface area contributed by atoms with Gasteiger partial charge < -0.3 is 0 Å². The van der Waals surface area contributed by atoms with Crippen molar-refractivity contribution in [2.24, 2.45) is 0 Å². The van der Waals surface area contributed by atoms with Crippen LogP contribution in [0.4, 0.5) is 0 Å². The summed E-state index contributed by atoms with van der Waals surface area (Å²) >= 11 is 0. The van der Waals surface area contributed by atoms with Crippen molar-refractivity contribution in [1.82, 2.24) is 9.78 Å². The van der Waals surface area contributed by atoms with Gasteiger partial charge in [0.2, 0.25) is 0 Å². The van der Waals surface area contributed by atoms with Crippen molar-refractivity contribution >= 4 is 15.6 Å². The van der Waals surface area contributed by atoms with Gasteiger partial charge in [0.05, 0.1) is 28.8 Å². The Morgan fingerprint density at radius 1 is 1.38 bits per heavy atom. The highest BCUT2D eigenvalue weighted by molar-refractivity contribution is 7.92. The Bertz CT molecular complexity index is 545. The summed E-state index contributed by atoms with van der Waals surface area (Å²) in [6.07, 6.45) is 0. The lowest BCUT2D eigenvalue weighted by molar-refractivity contribution is 0.101. The van der Waals surface area contributed by atoms with Crippen LogP contribution in [0.2, 0.25) is 0 Å². The zero-order valence-corrected chi connectivity index (χ0v) is 10.3. The first-order chi connectivity index (χ1) is 7.32. The van der Waals surface area contributed by atoms with E-state index in [-0.39, 0.29) is 23.3 Å². The van der Waals surface area contributed by atoms with Crippen molar-refractivity contribution < 1.29 is 13.2 Å². The highest BCUT2D eigenvalue weighted by Crippen LogP contribution is 2.26. The van der Waals surface area contributed by atoms with E-state index in [1.54, 1.807) is 11.6 Å². The number of carbonyl (C=O) groups excluding carboxylic acids is 1. The van der Waals surface area contributed by atoms with Crippen LogP contribution >= 0.6 is 0 Å². The number of sulfone groups is 1. The molecule has 2 heterocycles. The minimum absolute atomic E-state index is 0.0246. The van der Waals surface area contributed by atoms with Gasteiger partial charge in [-0.2, -0.15) is 5.10 Å². The van der Waals surface area contributed by atoms with Gasteiger partial charge in [0.25, 0.3) is 0 Å². The molecule has 0 unspecified atom stereocenters. The van der Waals surface area contributed by atoms with Crippen molar-refractivity contribution in [1.29, 1.82) is 0 Å². The van der Waals surface area contributed by atoms with E-state index in [0.717, 1.165) is 5.69 Å². The fraction of sp³-hybridized carbons (Fsp3) is 0.600. The Labute approximate surface area is 94.4 Å². The minimum Gasteiger partial charge on any atom is -0.294 e. The monoisotopic (exact) mass is 242 g/mol. The number of ketones is 1. The number of aromatic nitrogens is 2. The maximum absolute atomic E-state index is 11.4. The van der Waals surface area contributed by atoms with Gasteiger partial charge in [0, 0.05) is 5.69 Å². The molecule has 0 spiro atoms. The molecule has 5 nitrogen and oxygen atoms in total. The molecule has 1 aliphatic heterocycles. The van der Waals surface area contributed by atoms with Gasteiger partial charge in [-0.25, -0.2) is 8.42 Å². The molecule has 6 heteroatoms. The van der Waals surface area contributed by atoms with Crippen LogP contribution in [-0.2, 0) is 9.84 Å². The van der Waals surface area contributed by atoms with Crippen molar-refractivity contribution in [3.63, 3.8) is 0 Å². The van der Waals surface area contributed by atoms with E-state index in [1.807, 2.05) is 6.92 Å². The molecule has 0 radical (unpaired) electrons. The molecule has 1 fully saturated rings. The van der Waals surface area contributed by atoms with Crippen molar-refractivity contribution in [3.8, 4) is 0 Å². The van der Waals surface area contributed by atoms with Gasteiger partial charge in [-0.05, 0) is 20.8 Å². The summed E-state index contributed by atoms with van der Waals surface area (Å²) in [6, 6.07) is -0.100. The lowest BCUT2D eigenvalue weighted by Crippen LogP contribution is -2.39. The topological polar surface area (TPSA) is 69.0 Å². The molecule has 0 bridgehead atoms. The number of rotatable bonds is 2. The third-order valence-corrected chi connectivity index (χ3v) is 4.70. The smallest absolute Gasteiger partial charge is 0.163 e. The van der Waals surface area contributed by atoms with Gasteiger partial charge >= 0.3 is 0 Å². The molecular formula is C10H14N2O3S. The molecule has 1 saturated heterocycles. The van der Waals surface area contributed by atoms with Gasteiger partial charge in [0.1, 0.15) is 0 Å². The molecule has 0 saturated carbocycles. The molecule has 88 valence electrons. The minimum atomic E-state index is -2.87. The molecule has 0 aliphatic carbocycles. The van der Waals surface area contributed by atoms with Crippen molar-refractivity contribution in [2.45, 2.75) is 26.8 Å². The largest absolute Gasteiger partial charge is 0.294 e. The third-order valence-electron chi connectivity index (χ3n) is 2.92. The number of Topliss-reactive ketones (excluding diaryl/α,β-unsaturated/α-hetero) is 1. The highest BCUT2D eigenvalue weighted by atomic mass is 32.2. The van der Waals surface area contributed by atoms with Gasteiger partial charge in [-0.3, -0.25) is 9.48 Å². The number of nitrogens with zero attached hydrogens (tertiary/aromatic N) is 2. The molecule has 0 amide bonds. The van der Waals surface area contributed by atoms with Crippen molar-refractivity contribution in [3.05, 3.63) is 17.0 Å². The molecule has 1 aliphatic rings. The second-order valence-electron chi connectivity index (χ2n) is 4.28. The van der Waals surface area contributed by atoms with E-state index in [4.69, 9.17) is 0 Å². The van der Waals surface area contributed by atoms with E-state index in [1.165, 1.54) is 6.92 Å². The Morgan fingerprint density at radius 3 is 2.31 bits per heavy atom. The molecular weight excluding hydrogens is 228 g/mol. The maximum atomic E-state index is 11.4. The fourth-order valence-corrected chi connectivity index (χ4v) is 3.56. The number of carbonyl (C=O) groups is 1. The van der Waals surface area contributed by atoms with Crippen molar-refractivity contribution in [2.75, 3.05) is 11.5 Å². The molecule has 0 aromatic carbocycles. The van der Waals surface area contributed by atoms with Crippen LogP contribution in [0.15, 0.2) is 0 Å². The maximum Gasteiger partial charge on any atom is 0.163 e. The second-order valence-corrected chi connectivity index (χ2v) is 6.43. The lowest BCUT2D eigenvalue weighted by Gasteiger charge is -2.27. The lowest BCUT2D eigenvalue weighted by atomic mass is 10.1. The van der Waals surface area contributed by atoms with Crippen LogP contribution in [0.25, 0.3) is 0 Å². The molecule has 0 N–H and O–H groups in total. The number of hydrogen-bond donors (Lipinski definition) is 0. The van der Waals surface area contributed by atoms with Crippen LogP contribution in [0.3, 0.4) is 0 Å². The van der Waals surface area contributed by atoms with Gasteiger partial charge in [-0.1, -0.05) is 0 Å². The van der Waals surface area contributed by atoms with Crippen LogP contribution in [-0.4, -0.2) is 35.5 Å². The van der Waals surface area contributed by atoms with E-state index in [0.29, 0.717) is 11.3 Å². The van der Waals surface area contributed by atoms with E-state index in [9.17, 15) is 13.2 Å². The average Bonchev–Trinajstić information content (AvgIpc) is 2.37. The third kappa shape index (κ3) is 1.67. The second kappa shape index (κ2) is 3.41. The number of hydrogen-bond acceptors (Lipinski definition) is 4. The Morgan fingerprint density at radius 2 is 1.94 bits per heavy atom. The summed E-state index contributed by atoms with van der Waals surface area (Å²) in [5.41, 5.74) is 2.06. The summed E-state index contributed by atoms with van der Waals surface area (Å²) in [4.78, 5) is 11.4. The highest BCUT2D eigenvalue weighted by Gasteiger charge is 2.36. The molecule has 1 aromatic rings. The van der Waals surface area contributed by atoms with Crippen LogP contribution in [0.5, 0.6) is 0 Å². The standard InChI is InChI=1S/C10H14N2O3S/c1-6-10(8(3)13)7(2)12(11-6)9-4-16(14,15)5-9/h9H,4-5H2,1-3H3. The summed E-state index contributed by atoms with van der Waals surface area (Å²) in [7, 11) is -2.87. The van der Waals surface area contributed by atoms with Crippen LogP contribution in [0.1, 0.15) is 34.7 Å². The van der Waals surface area contributed by atoms with Crippen LogP contribution < -0.4 is 0 Å². The summed E-state index contributed by atoms with van der Waals surface area (Å²) in [6.45, 7) is 5.08. The Hall–Kier alpha value is -1.17. The molecule has 2 rings (SSSR count). The first-order valence-electron chi connectivity index (χ1n) is 5.09. The summed E-state index contributed by atoms with van der Waals surface area (Å²) in [5.74, 6) is 0.238. The predicted octanol–water partition coefficient (Wildman–Crippen LogP) is 0.672. The van der Waals surface area contributed by atoms with E-state index in [2.05, 4.69) is 5.10 Å². The fourth-order valence-electron chi connectivity index (χ4n) is 2.21. The SMILES string of the molecule is CC(=O)c1c(C)nn(C2CS(=O)(=O)C2)c1C. The predicted molar refractivity (Wildman–Crippen MR) is 59.4 cm³/mol. The zero-order valence-electron chi connectivity index (χ0n) is 9.52. The Balaban J connectivity index is 2.38. The number of aryl methyl sites for hydroxylation is 1.